The highest BCUT2D eigenvalue weighted by molar-refractivity contribution is 5.98. The van der Waals surface area contributed by atoms with Gasteiger partial charge in [-0.25, -0.2) is 4.79 Å². The Labute approximate surface area is 181 Å². The van der Waals surface area contributed by atoms with Crippen molar-refractivity contribution < 1.29 is 23.6 Å². The molecule has 7 nitrogen and oxygen atoms in total. The fourth-order valence-corrected chi connectivity index (χ4v) is 3.09. The van der Waals surface area contributed by atoms with Crippen molar-refractivity contribution in [3.63, 3.8) is 0 Å². The maximum Gasteiger partial charge on any atom is 0.339 e. The minimum atomic E-state index is -0.960. The highest BCUT2D eigenvalue weighted by Gasteiger charge is 2.20. The summed E-state index contributed by atoms with van der Waals surface area (Å²) in [6.07, 6.45) is -0.960. The van der Waals surface area contributed by atoms with Crippen LogP contribution >= 0.6 is 0 Å². The maximum absolute atomic E-state index is 12.6. The van der Waals surface area contributed by atoms with Gasteiger partial charge in [0.1, 0.15) is 18.1 Å². The van der Waals surface area contributed by atoms with Crippen LogP contribution in [-0.4, -0.2) is 23.1 Å². The summed E-state index contributed by atoms with van der Waals surface area (Å²) in [7, 11) is 0. The van der Waals surface area contributed by atoms with Crippen molar-refractivity contribution in [1.29, 1.82) is 0 Å². The molecule has 0 saturated heterocycles. The predicted octanol–water partition coefficient (Wildman–Crippen LogP) is 4.67. The lowest BCUT2D eigenvalue weighted by Crippen LogP contribution is -2.30. The van der Waals surface area contributed by atoms with Crippen molar-refractivity contribution in [2.24, 2.45) is 0 Å². The minimum absolute atomic E-state index is 0.272. The molecule has 0 aliphatic rings. The molecule has 1 atom stereocenters. The molecule has 2 aromatic carbocycles. The Balaban J connectivity index is 1.62. The highest BCUT2D eigenvalue weighted by atomic mass is 16.5. The molecule has 0 aliphatic heterocycles. The van der Waals surface area contributed by atoms with E-state index >= 15 is 0 Å². The molecule has 0 saturated carbocycles. The number of carbonyl (C=O) groups is 2. The lowest BCUT2D eigenvalue weighted by atomic mass is 10.1. The van der Waals surface area contributed by atoms with E-state index in [9.17, 15) is 9.59 Å². The summed E-state index contributed by atoms with van der Waals surface area (Å²) >= 11 is 0. The zero-order valence-corrected chi connectivity index (χ0v) is 18.3. The van der Waals surface area contributed by atoms with E-state index in [0.717, 1.165) is 28.1 Å². The summed E-state index contributed by atoms with van der Waals surface area (Å²) in [6, 6.07) is 12.4. The topological polar surface area (TPSA) is 90.7 Å². The van der Waals surface area contributed by atoms with Gasteiger partial charge in [0.05, 0.1) is 16.8 Å². The third-order valence-corrected chi connectivity index (χ3v) is 5.02. The average molecular weight is 422 g/mol. The van der Waals surface area contributed by atoms with Crippen molar-refractivity contribution in [2.45, 2.75) is 47.3 Å². The molecule has 1 aromatic heterocycles. The Bertz CT molecular complexity index is 1060. The lowest BCUT2D eigenvalue weighted by Gasteiger charge is -2.16. The molecule has 3 rings (SSSR count). The fraction of sp³-hybridized carbons (Fsp3) is 0.292. The van der Waals surface area contributed by atoms with E-state index in [4.69, 9.17) is 14.0 Å². The Morgan fingerprint density at radius 3 is 2.39 bits per heavy atom. The van der Waals surface area contributed by atoms with E-state index in [1.165, 1.54) is 0 Å². The molecule has 0 unspecified atom stereocenters. The summed E-state index contributed by atoms with van der Waals surface area (Å²) in [6.45, 7) is 9.29. The number of ether oxygens (including phenoxy) is 2. The average Bonchev–Trinajstić information content (AvgIpc) is 3.06. The number of nitrogens with one attached hydrogen (secondary N) is 1. The van der Waals surface area contributed by atoms with E-state index in [1.807, 2.05) is 45.9 Å². The number of aromatic nitrogens is 1. The van der Waals surface area contributed by atoms with Crippen molar-refractivity contribution in [1.82, 2.24) is 5.16 Å². The Morgan fingerprint density at radius 2 is 1.74 bits per heavy atom. The van der Waals surface area contributed by atoms with Gasteiger partial charge in [-0.1, -0.05) is 29.4 Å². The van der Waals surface area contributed by atoms with E-state index in [0.29, 0.717) is 17.1 Å². The lowest BCUT2D eigenvalue weighted by molar-refractivity contribution is -0.123. The van der Waals surface area contributed by atoms with Crippen LogP contribution in [0.4, 0.5) is 5.69 Å². The second kappa shape index (κ2) is 9.47. The third kappa shape index (κ3) is 5.31. The molecule has 3 aromatic rings. The molecule has 7 heteroatoms. The van der Waals surface area contributed by atoms with Crippen molar-refractivity contribution in [3.05, 3.63) is 76.2 Å². The van der Waals surface area contributed by atoms with Gasteiger partial charge in [0.15, 0.2) is 6.10 Å². The van der Waals surface area contributed by atoms with Gasteiger partial charge in [-0.05, 0) is 63.9 Å². The standard InChI is InChI=1S/C24H26N2O5/c1-14-8-6-9-15(2)22(14)25-23(27)18(5)30-24(28)19-10-7-11-20(12-19)29-13-21-16(3)26-31-17(21)4/h6-12,18H,13H2,1-5H3,(H,25,27)/t18-/m0/s1. The molecule has 1 amide bonds. The highest BCUT2D eigenvalue weighted by Crippen LogP contribution is 2.21. The molecule has 0 aliphatic carbocycles. The fourth-order valence-electron chi connectivity index (χ4n) is 3.09. The van der Waals surface area contributed by atoms with Gasteiger partial charge in [0.25, 0.3) is 5.91 Å². The minimum Gasteiger partial charge on any atom is -0.489 e. The molecule has 162 valence electrons. The van der Waals surface area contributed by atoms with Crippen LogP contribution in [0.25, 0.3) is 0 Å². The second-order valence-corrected chi connectivity index (χ2v) is 7.42. The number of carbonyl (C=O) groups excluding carboxylic acids is 2. The first-order valence-corrected chi connectivity index (χ1v) is 9.99. The van der Waals surface area contributed by atoms with Gasteiger partial charge in [-0.15, -0.1) is 0 Å². The molecule has 0 spiro atoms. The third-order valence-electron chi connectivity index (χ3n) is 5.02. The molecule has 0 radical (unpaired) electrons. The molecular weight excluding hydrogens is 396 g/mol. The molecule has 1 heterocycles. The quantitative estimate of drug-likeness (QED) is 0.557. The van der Waals surface area contributed by atoms with Crippen LogP contribution < -0.4 is 10.1 Å². The Hall–Kier alpha value is -3.61. The number of hydrogen-bond donors (Lipinski definition) is 1. The zero-order chi connectivity index (χ0) is 22.5. The number of para-hydroxylation sites is 1. The van der Waals surface area contributed by atoms with E-state index in [1.54, 1.807) is 31.2 Å². The SMILES string of the molecule is Cc1cccc(C)c1NC(=O)[C@H](C)OC(=O)c1cccc(OCc2c(C)noc2C)c1. The van der Waals surface area contributed by atoms with Crippen LogP contribution in [0.5, 0.6) is 5.75 Å². The van der Waals surface area contributed by atoms with Gasteiger partial charge >= 0.3 is 5.97 Å². The largest absolute Gasteiger partial charge is 0.489 e. The molecule has 1 N–H and O–H groups in total. The van der Waals surface area contributed by atoms with Crippen LogP contribution in [0.3, 0.4) is 0 Å². The monoisotopic (exact) mass is 422 g/mol. The molecule has 0 fully saturated rings. The van der Waals surface area contributed by atoms with E-state index < -0.39 is 18.0 Å². The molecular formula is C24H26N2O5. The second-order valence-electron chi connectivity index (χ2n) is 7.42. The van der Waals surface area contributed by atoms with Crippen LogP contribution in [0.2, 0.25) is 0 Å². The number of nitrogens with zero attached hydrogens (tertiary/aromatic N) is 1. The summed E-state index contributed by atoms with van der Waals surface area (Å²) in [5, 5.41) is 6.73. The van der Waals surface area contributed by atoms with Crippen LogP contribution in [0, 0.1) is 27.7 Å². The van der Waals surface area contributed by atoms with Gasteiger partial charge in [0.2, 0.25) is 0 Å². The Morgan fingerprint density at radius 1 is 1.06 bits per heavy atom. The summed E-state index contributed by atoms with van der Waals surface area (Å²) < 4.78 is 16.3. The van der Waals surface area contributed by atoms with Crippen LogP contribution in [0.1, 0.15) is 45.4 Å². The van der Waals surface area contributed by atoms with Crippen molar-refractivity contribution >= 4 is 17.6 Å². The van der Waals surface area contributed by atoms with Gasteiger partial charge in [-0.2, -0.15) is 0 Å². The molecule has 31 heavy (non-hydrogen) atoms. The first-order valence-electron chi connectivity index (χ1n) is 9.99. The summed E-state index contributed by atoms with van der Waals surface area (Å²) in [5.74, 6) is 0.197. The smallest absolute Gasteiger partial charge is 0.339 e. The number of rotatable bonds is 7. The Kier molecular flexibility index (Phi) is 6.74. The first-order chi connectivity index (χ1) is 14.8. The summed E-state index contributed by atoms with van der Waals surface area (Å²) in [4.78, 5) is 25.1. The normalized spacial score (nSPS) is 11.6. The van der Waals surface area contributed by atoms with Gasteiger partial charge < -0.3 is 19.3 Å². The number of amides is 1. The van der Waals surface area contributed by atoms with Gasteiger partial charge in [-0.3, -0.25) is 4.79 Å². The zero-order valence-electron chi connectivity index (χ0n) is 18.3. The number of anilines is 1. The molecule has 0 bridgehead atoms. The summed E-state index contributed by atoms with van der Waals surface area (Å²) in [5.41, 5.74) is 4.53. The van der Waals surface area contributed by atoms with Crippen molar-refractivity contribution in [2.75, 3.05) is 5.32 Å². The van der Waals surface area contributed by atoms with Crippen molar-refractivity contribution in [3.8, 4) is 5.75 Å². The van der Waals surface area contributed by atoms with E-state index in [2.05, 4.69) is 10.5 Å². The number of aryl methyl sites for hydroxylation is 4. The number of benzene rings is 2. The predicted molar refractivity (Wildman–Crippen MR) is 116 cm³/mol. The maximum atomic E-state index is 12.6. The van der Waals surface area contributed by atoms with Crippen LogP contribution in [-0.2, 0) is 16.1 Å². The number of esters is 1. The van der Waals surface area contributed by atoms with E-state index in [-0.39, 0.29) is 6.61 Å². The first kappa shape index (κ1) is 22.1. The van der Waals surface area contributed by atoms with Crippen LogP contribution in [0.15, 0.2) is 47.0 Å². The van der Waals surface area contributed by atoms with Gasteiger partial charge in [0, 0.05) is 5.69 Å². The number of hydrogen-bond acceptors (Lipinski definition) is 6.